The van der Waals surface area contributed by atoms with Gasteiger partial charge in [-0.1, -0.05) is 6.92 Å². The molecule has 2 rings (SSSR count). The summed E-state index contributed by atoms with van der Waals surface area (Å²) < 4.78 is 38.0. The molecule has 1 aliphatic rings. The zero-order valence-corrected chi connectivity index (χ0v) is 10.5. The molecule has 0 aliphatic carbocycles. The van der Waals surface area contributed by atoms with Crippen LogP contribution in [0.4, 0.5) is 13.2 Å². The van der Waals surface area contributed by atoms with Gasteiger partial charge in [0, 0.05) is 30.3 Å². The standard InChI is InChI=1S/C11H14F3N3O2/c1-6-4-17(5-7-3-15-16-8(6)7)9(18)10(2,19)11(12,13)14/h3,6,19H,4-5H2,1-2H3,(H,15,16)/t6-,10?/m0/s1. The van der Waals surface area contributed by atoms with Crippen LogP contribution in [0.2, 0.25) is 0 Å². The number of carbonyl (C=O) groups is 1. The van der Waals surface area contributed by atoms with Crippen molar-refractivity contribution in [3.63, 3.8) is 0 Å². The minimum absolute atomic E-state index is 0.0151. The highest BCUT2D eigenvalue weighted by Crippen LogP contribution is 2.34. The van der Waals surface area contributed by atoms with Gasteiger partial charge in [-0.25, -0.2) is 0 Å². The van der Waals surface area contributed by atoms with Gasteiger partial charge in [0.1, 0.15) is 0 Å². The van der Waals surface area contributed by atoms with Crippen LogP contribution in [-0.4, -0.2) is 44.4 Å². The molecule has 0 saturated carbocycles. The van der Waals surface area contributed by atoms with Crippen molar-refractivity contribution in [2.45, 2.75) is 38.1 Å². The topological polar surface area (TPSA) is 69.2 Å². The van der Waals surface area contributed by atoms with E-state index in [-0.39, 0.29) is 19.0 Å². The summed E-state index contributed by atoms with van der Waals surface area (Å²) in [6.45, 7) is 2.38. The molecule has 1 amide bonds. The number of hydrogen-bond acceptors (Lipinski definition) is 3. The molecule has 1 aromatic rings. The van der Waals surface area contributed by atoms with Gasteiger partial charge in [0.25, 0.3) is 5.91 Å². The van der Waals surface area contributed by atoms with Gasteiger partial charge in [0.15, 0.2) is 0 Å². The first-order chi connectivity index (χ1) is 8.64. The van der Waals surface area contributed by atoms with E-state index >= 15 is 0 Å². The van der Waals surface area contributed by atoms with Crippen molar-refractivity contribution in [1.82, 2.24) is 15.1 Å². The number of aromatic amines is 1. The quantitative estimate of drug-likeness (QED) is 0.809. The minimum Gasteiger partial charge on any atom is -0.373 e. The van der Waals surface area contributed by atoms with E-state index in [0.717, 1.165) is 10.6 Å². The van der Waals surface area contributed by atoms with Crippen molar-refractivity contribution in [1.29, 1.82) is 0 Å². The number of amides is 1. The lowest BCUT2D eigenvalue weighted by Gasteiger charge is -2.36. The van der Waals surface area contributed by atoms with E-state index in [2.05, 4.69) is 10.2 Å². The summed E-state index contributed by atoms with van der Waals surface area (Å²) in [7, 11) is 0. The molecule has 0 aromatic carbocycles. The third-order valence-electron chi connectivity index (χ3n) is 3.36. The monoisotopic (exact) mass is 277 g/mol. The van der Waals surface area contributed by atoms with Crippen LogP contribution in [-0.2, 0) is 11.3 Å². The van der Waals surface area contributed by atoms with Crippen LogP contribution in [0.15, 0.2) is 6.20 Å². The minimum atomic E-state index is -5.00. The molecular weight excluding hydrogens is 263 g/mol. The smallest absolute Gasteiger partial charge is 0.373 e. The Balaban J connectivity index is 2.24. The van der Waals surface area contributed by atoms with Crippen molar-refractivity contribution in [3.8, 4) is 0 Å². The largest absolute Gasteiger partial charge is 0.426 e. The maximum absolute atomic E-state index is 12.7. The normalized spacial score (nSPS) is 22.8. The fourth-order valence-electron chi connectivity index (χ4n) is 2.15. The molecule has 2 N–H and O–H groups in total. The fraction of sp³-hybridized carbons (Fsp3) is 0.636. The molecule has 2 atom stereocenters. The Bertz CT molecular complexity index is 496. The number of halogens is 3. The third-order valence-corrected chi connectivity index (χ3v) is 3.36. The maximum Gasteiger partial charge on any atom is 0.426 e. The predicted molar refractivity (Wildman–Crippen MR) is 59.1 cm³/mol. The molecule has 2 heterocycles. The van der Waals surface area contributed by atoms with Gasteiger partial charge < -0.3 is 10.0 Å². The van der Waals surface area contributed by atoms with E-state index in [1.165, 1.54) is 6.20 Å². The Morgan fingerprint density at radius 1 is 1.58 bits per heavy atom. The van der Waals surface area contributed by atoms with Gasteiger partial charge in [-0.15, -0.1) is 0 Å². The van der Waals surface area contributed by atoms with Crippen LogP contribution in [0.25, 0.3) is 0 Å². The molecule has 19 heavy (non-hydrogen) atoms. The zero-order valence-electron chi connectivity index (χ0n) is 10.5. The molecule has 106 valence electrons. The lowest BCUT2D eigenvalue weighted by atomic mass is 9.96. The van der Waals surface area contributed by atoms with E-state index in [0.29, 0.717) is 12.5 Å². The summed E-state index contributed by atoms with van der Waals surface area (Å²) in [6, 6.07) is 0. The number of nitrogens with zero attached hydrogens (tertiary/aromatic N) is 2. The lowest BCUT2D eigenvalue weighted by molar-refractivity contribution is -0.250. The lowest BCUT2D eigenvalue weighted by Crippen LogP contribution is -2.57. The predicted octanol–water partition coefficient (Wildman–Crippen LogP) is 1.17. The molecule has 8 heteroatoms. The number of alkyl halides is 3. The first-order valence-corrected chi connectivity index (χ1v) is 5.75. The number of carbonyl (C=O) groups excluding carboxylic acids is 1. The Hall–Kier alpha value is -1.57. The summed E-state index contributed by atoms with van der Waals surface area (Å²) in [4.78, 5) is 12.9. The van der Waals surface area contributed by atoms with Crippen LogP contribution in [0.5, 0.6) is 0 Å². The van der Waals surface area contributed by atoms with E-state index in [4.69, 9.17) is 0 Å². The summed E-state index contributed by atoms with van der Waals surface area (Å²) in [5.41, 5.74) is -1.88. The van der Waals surface area contributed by atoms with Gasteiger partial charge in [-0.2, -0.15) is 18.3 Å². The molecular formula is C11H14F3N3O2. The first kappa shape index (κ1) is 13.9. The number of H-pyrrole nitrogens is 1. The van der Waals surface area contributed by atoms with Crippen LogP contribution in [0, 0.1) is 0 Å². The number of aromatic nitrogens is 2. The second-order valence-corrected chi connectivity index (χ2v) is 4.97. The van der Waals surface area contributed by atoms with Crippen LogP contribution in [0.1, 0.15) is 31.0 Å². The molecule has 0 saturated heterocycles. The highest BCUT2D eigenvalue weighted by Gasteiger charge is 2.57. The maximum atomic E-state index is 12.7. The molecule has 0 fully saturated rings. The summed E-state index contributed by atoms with van der Waals surface area (Å²) in [6.07, 6.45) is -3.52. The van der Waals surface area contributed by atoms with Gasteiger partial charge in [0.2, 0.25) is 5.60 Å². The molecule has 0 bridgehead atoms. The van der Waals surface area contributed by atoms with Crippen molar-refractivity contribution in [3.05, 3.63) is 17.5 Å². The van der Waals surface area contributed by atoms with Gasteiger partial charge in [0.05, 0.1) is 6.20 Å². The Labute approximate surface area is 107 Å². The molecule has 5 nitrogen and oxygen atoms in total. The van der Waals surface area contributed by atoms with Crippen molar-refractivity contribution in [2.24, 2.45) is 0 Å². The van der Waals surface area contributed by atoms with E-state index < -0.39 is 17.7 Å². The third kappa shape index (κ3) is 2.20. The summed E-state index contributed by atoms with van der Waals surface area (Å²) in [5.74, 6) is -1.49. The number of aliphatic hydroxyl groups is 1. The second kappa shape index (κ2) is 4.22. The van der Waals surface area contributed by atoms with Crippen molar-refractivity contribution < 1.29 is 23.1 Å². The van der Waals surface area contributed by atoms with Crippen molar-refractivity contribution in [2.75, 3.05) is 6.54 Å². The zero-order chi connectivity index (χ0) is 14.4. The fourth-order valence-corrected chi connectivity index (χ4v) is 2.15. The average molecular weight is 277 g/mol. The van der Waals surface area contributed by atoms with Gasteiger partial charge >= 0.3 is 6.18 Å². The summed E-state index contributed by atoms with van der Waals surface area (Å²) >= 11 is 0. The van der Waals surface area contributed by atoms with E-state index in [1.807, 2.05) is 0 Å². The molecule has 1 aromatic heterocycles. The number of hydrogen-bond donors (Lipinski definition) is 2. The highest BCUT2D eigenvalue weighted by molar-refractivity contribution is 5.85. The van der Waals surface area contributed by atoms with Crippen LogP contribution in [0.3, 0.4) is 0 Å². The molecule has 1 aliphatic heterocycles. The summed E-state index contributed by atoms with van der Waals surface area (Å²) in [5, 5.41) is 16.0. The second-order valence-electron chi connectivity index (χ2n) is 4.97. The molecule has 0 radical (unpaired) electrons. The Morgan fingerprint density at radius 2 is 2.21 bits per heavy atom. The number of rotatable bonds is 1. The Morgan fingerprint density at radius 3 is 2.79 bits per heavy atom. The van der Waals surface area contributed by atoms with E-state index in [1.54, 1.807) is 6.92 Å². The molecule has 1 unspecified atom stereocenters. The first-order valence-electron chi connectivity index (χ1n) is 5.75. The molecule has 0 spiro atoms. The number of fused-ring (bicyclic) bond motifs is 1. The SMILES string of the molecule is C[C@H]1CN(C(=O)C(C)(O)C(F)(F)F)Cc2cn[nH]c21. The number of nitrogens with one attached hydrogen (secondary N) is 1. The highest BCUT2D eigenvalue weighted by atomic mass is 19.4. The van der Waals surface area contributed by atoms with Crippen LogP contribution < -0.4 is 0 Å². The van der Waals surface area contributed by atoms with Crippen LogP contribution >= 0.6 is 0 Å². The van der Waals surface area contributed by atoms with Gasteiger partial charge in [-0.05, 0) is 6.92 Å². The van der Waals surface area contributed by atoms with Gasteiger partial charge in [-0.3, -0.25) is 9.89 Å². The van der Waals surface area contributed by atoms with E-state index in [9.17, 15) is 23.1 Å². The van der Waals surface area contributed by atoms with Crippen molar-refractivity contribution >= 4 is 5.91 Å². The Kier molecular flexibility index (Phi) is 3.08. The average Bonchev–Trinajstić information content (AvgIpc) is 2.74.